The first-order valence-electron chi connectivity index (χ1n) is 5.44. The van der Waals surface area contributed by atoms with Gasteiger partial charge in [0.25, 0.3) is 0 Å². The molecule has 1 heterocycles. The van der Waals surface area contributed by atoms with Crippen LogP contribution in [0.1, 0.15) is 18.9 Å². The highest BCUT2D eigenvalue weighted by atomic mass is 16.5. The van der Waals surface area contributed by atoms with Crippen molar-refractivity contribution < 1.29 is 9.84 Å². The first kappa shape index (κ1) is 13.1. The number of aromatic nitrogens is 1. The van der Waals surface area contributed by atoms with Crippen molar-refractivity contribution >= 4 is 0 Å². The van der Waals surface area contributed by atoms with Crippen molar-refractivity contribution in [3.05, 3.63) is 30.1 Å². The van der Waals surface area contributed by atoms with E-state index in [-0.39, 0.29) is 12.1 Å². The molecule has 0 saturated heterocycles. The highest BCUT2D eigenvalue weighted by Gasteiger charge is 2.22. The fourth-order valence-electron chi connectivity index (χ4n) is 1.60. The summed E-state index contributed by atoms with van der Waals surface area (Å²) in [5.74, 6) is 0. The predicted molar refractivity (Wildman–Crippen MR) is 63.1 cm³/mol. The maximum Gasteiger partial charge on any atom is 0.0642 e. The molecule has 4 heteroatoms. The quantitative estimate of drug-likeness (QED) is 0.724. The Bertz CT molecular complexity index is 284. The van der Waals surface area contributed by atoms with E-state index in [1.54, 1.807) is 13.3 Å². The number of hydrogen-bond acceptors (Lipinski definition) is 4. The maximum absolute atomic E-state index is 9.02. The van der Waals surface area contributed by atoms with Gasteiger partial charge in [-0.25, -0.2) is 0 Å². The fourth-order valence-corrected chi connectivity index (χ4v) is 1.60. The van der Waals surface area contributed by atoms with E-state index in [2.05, 4.69) is 10.3 Å². The van der Waals surface area contributed by atoms with Gasteiger partial charge in [-0.3, -0.25) is 4.98 Å². The number of hydrogen-bond donors (Lipinski definition) is 2. The third-order valence-electron chi connectivity index (χ3n) is 2.57. The second kappa shape index (κ2) is 6.58. The van der Waals surface area contributed by atoms with Gasteiger partial charge in [-0.15, -0.1) is 0 Å². The van der Waals surface area contributed by atoms with E-state index in [9.17, 15) is 0 Å². The molecule has 2 N–H and O–H groups in total. The van der Waals surface area contributed by atoms with Gasteiger partial charge in [0.05, 0.1) is 6.61 Å². The number of ether oxygens (including phenoxy) is 1. The Labute approximate surface area is 96.7 Å². The zero-order valence-electron chi connectivity index (χ0n) is 9.94. The molecule has 1 aromatic rings. The summed E-state index contributed by atoms with van der Waals surface area (Å²) >= 11 is 0. The zero-order valence-corrected chi connectivity index (χ0v) is 9.94. The van der Waals surface area contributed by atoms with Crippen LogP contribution in [0.4, 0.5) is 0 Å². The van der Waals surface area contributed by atoms with Gasteiger partial charge in [0.1, 0.15) is 0 Å². The molecule has 90 valence electrons. The lowest BCUT2D eigenvalue weighted by molar-refractivity contribution is 0.0969. The minimum atomic E-state index is -0.195. The Morgan fingerprint density at radius 1 is 1.56 bits per heavy atom. The topological polar surface area (TPSA) is 54.4 Å². The molecule has 0 aromatic carbocycles. The van der Waals surface area contributed by atoms with Gasteiger partial charge in [0.15, 0.2) is 0 Å². The van der Waals surface area contributed by atoms with Crippen LogP contribution in [0.2, 0.25) is 0 Å². The maximum atomic E-state index is 9.02. The van der Waals surface area contributed by atoms with Gasteiger partial charge in [0.2, 0.25) is 0 Å². The minimum absolute atomic E-state index is 0.153. The summed E-state index contributed by atoms with van der Waals surface area (Å²) in [6.07, 6.45) is 4.26. The predicted octanol–water partition coefficient (Wildman–Crippen LogP) is 0.959. The van der Waals surface area contributed by atoms with E-state index in [1.165, 1.54) is 0 Å². The van der Waals surface area contributed by atoms with Gasteiger partial charge in [-0.05, 0) is 25.0 Å². The van der Waals surface area contributed by atoms with Gasteiger partial charge in [-0.1, -0.05) is 6.07 Å². The second-order valence-corrected chi connectivity index (χ2v) is 4.18. The van der Waals surface area contributed by atoms with E-state index >= 15 is 0 Å². The lowest BCUT2D eigenvalue weighted by atomic mass is 9.99. The van der Waals surface area contributed by atoms with Gasteiger partial charge in [-0.2, -0.15) is 0 Å². The SMILES string of the molecule is COCC(C)(CCO)NCc1cccnc1. The van der Waals surface area contributed by atoms with Crippen LogP contribution in [0.15, 0.2) is 24.5 Å². The molecule has 1 rings (SSSR count). The Morgan fingerprint density at radius 2 is 2.38 bits per heavy atom. The van der Waals surface area contributed by atoms with E-state index in [4.69, 9.17) is 9.84 Å². The summed E-state index contributed by atoms with van der Waals surface area (Å²) < 4.78 is 5.16. The summed E-state index contributed by atoms with van der Waals surface area (Å²) in [5.41, 5.74) is 0.932. The van der Waals surface area contributed by atoms with Crippen molar-refractivity contribution in [2.75, 3.05) is 20.3 Å². The van der Waals surface area contributed by atoms with Crippen LogP contribution in [0.3, 0.4) is 0 Å². The van der Waals surface area contributed by atoms with Crippen LogP contribution >= 0.6 is 0 Å². The third kappa shape index (κ3) is 4.26. The number of pyridine rings is 1. The van der Waals surface area contributed by atoms with Gasteiger partial charge >= 0.3 is 0 Å². The molecule has 1 atom stereocenters. The lowest BCUT2D eigenvalue weighted by Gasteiger charge is -2.29. The number of rotatable bonds is 7. The molecule has 0 spiro atoms. The second-order valence-electron chi connectivity index (χ2n) is 4.18. The van der Waals surface area contributed by atoms with E-state index < -0.39 is 0 Å². The Morgan fingerprint density at radius 3 is 2.94 bits per heavy atom. The van der Waals surface area contributed by atoms with Crippen molar-refractivity contribution in [2.45, 2.75) is 25.4 Å². The Balaban J connectivity index is 2.49. The molecule has 1 unspecified atom stereocenters. The van der Waals surface area contributed by atoms with Crippen LogP contribution in [-0.2, 0) is 11.3 Å². The molecule has 0 amide bonds. The monoisotopic (exact) mass is 224 g/mol. The summed E-state index contributed by atoms with van der Waals surface area (Å²) in [4.78, 5) is 4.06. The molecule has 0 radical (unpaired) electrons. The number of nitrogens with one attached hydrogen (secondary N) is 1. The highest BCUT2D eigenvalue weighted by Crippen LogP contribution is 2.10. The first-order chi connectivity index (χ1) is 7.70. The summed E-state index contributed by atoms with van der Waals surface area (Å²) in [6, 6.07) is 3.93. The van der Waals surface area contributed by atoms with Crippen molar-refractivity contribution in [2.24, 2.45) is 0 Å². The minimum Gasteiger partial charge on any atom is -0.396 e. The normalized spacial score (nSPS) is 14.7. The average Bonchev–Trinajstić information content (AvgIpc) is 2.29. The third-order valence-corrected chi connectivity index (χ3v) is 2.57. The Hall–Kier alpha value is -0.970. The molecule has 4 nitrogen and oxygen atoms in total. The molecule has 0 aliphatic rings. The number of aliphatic hydroxyl groups excluding tert-OH is 1. The Kier molecular flexibility index (Phi) is 5.38. The van der Waals surface area contributed by atoms with Crippen molar-refractivity contribution in [3.8, 4) is 0 Å². The van der Waals surface area contributed by atoms with Crippen LogP contribution in [0.25, 0.3) is 0 Å². The van der Waals surface area contributed by atoms with Crippen LogP contribution in [0, 0.1) is 0 Å². The molecular weight excluding hydrogens is 204 g/mol. The smallest absolute Gasteiger partial charge is 0.0642 e. The number of nitrogens with zero attached hydrogens (tertiary/aromatic N) is 1. The fraction of sp³-hybridized carbons (Fsp3) is 0.583. The van der Waals surface area contributed by atoms with Gasteiger partial charge in [0, 0.05) is 38.2 Å². The molecule has 1 aromatic heterocycles. The van der Waals surface area contributed by atoms with Crippen molar-refractivity contribution in [1.29, 1.82) is 0 Å². The molecule has 0 aliphatic carbocycles. The molecule has 16 heavy (non-hydrogen) atoms. The average molecular weight is 224 g/mol. The van der Waals surface area contributed by atoms with E-state index in [0.29, 0.717) is 13.0 Å². The highest BCUT2D eigenvalue weighted by molar-refractivity contribution is 5.08. The number of methoxy groups -OCH3 is 1. The van der Waals surface area contributed by atoms with Gasteiger partial charge < -0.3 is 15.2 Å². The summed E-state index contributed by atoms with van der Waals surface area (Å²) in [5, 5.41) is 12.4. The van der Waals surface area contributed by atoms with Crippen LogP contribution < -0.4 is 5.32 Å². The van der Waals surface area contributed by atoms with Crippen molar-refractivity contribution in [1.82, 2.24) is 10.3 Å². The summed E-state index contributed by atoms with van der Waals surface area (Å²) in [6.45, 7) is 3.50. The molecule has 0 fully saturated rings. The zero-order chi connectivity index (χ0) is 11.9. The van der Waals surface area contributed by atoms with E-state index in [1.807, 2.05) is 25.3 Å². The lowest BCUT2D eigenvalue weighted by Crippen LogP contribution is -2.46. The number of aliphatic hydroxyl groups is 1. The standard InChI is InChI=1S/C12H20N2O2/c1-12(5-7-15,10-16-2)14-9-11-4-3-6-13-8-11/h3-4,6,8,14-15H,5,7,9-10H2,1-2H3. The van der Waals surface area contributed by atoms with E-state index in [0.717, 1.165) is 12.1 Å². The molecular formula is C12H20N2O2. The largest absolute Gasteiger partial charge is 0.396 e. The molecule has 0 saturated carbocycles. The first-order valence-corrected chi connectivity index (χ1v) is 5.44. The van der Waals surface area contributed by atoms with Crippen LogP contribution in [-0.4, -0.2) is 36.0 Å². The van der Waals surface area contributed by atoms with Crippen LogP contribution in [0.5, 0.6) is 0 Å². The molecule has 0 aliphatic heterocycles. The van der Waals surface area contributed by atoms with Crippen molar-refractivity contribution in [3.63, 3.8) is 0 Å². The molecule has 0 bridgehead atoms. The summed E-state index contributed by atoms with van der Waals surface area (Å²) in [7, 11) is 1.67.